The van der Waals surface area contributed by atoms with Gasteiger partial charge in [-0.25, -0.2) is 0 Å². The zero-order valence-corrected chi connectivity index (χ0v) is 15.5. The Kier molecular flexibility index (Phi) is 8.61. The lowest BCUT2D eigenvalue weighted by Crippen LogP contribution is -2.43. The molecule has 1 unspecified atom stereocenters. The van der Waals surface area contributed by atoms with E-state index in [2.05, 4.69) is 10.1 Å². The highest BCUT2D eigenvalue weighted by molar-refractivity contribution is 5.81. The molecule has 1 atom stereocenters. The maximum absolute atomic E-state index is 12.4. The van der Waals surface area contributed by atoms with Gasteiger partial charge in [0, 0.05) is 13.1 Å². The molecule has 0 heterocycles. The summed E-state index contributed by atoms with van der Waals surface area (Å²) in [4.78, 5) is 14.0. The number of nitrogens with zero attached hydrogens (tertiary/aromatic N) is 1. The molecule has 5 nitrogen and oxygen atoms in total. The van der Waals surface area contributed by atoms with Gasteiger partial charge >= 0.3 is 6.61 Å². The van der Waals surface area contributed by atoms with Gasteiger partial charge in [-0.1, -0.05) is 19.9 Å². The van der Waals surface area contributed by atoms with E-state index in [9.17, 15) is 13.6 Å². The van der Waals surface area contributed by atoms with Crippen molar-refractivity contribution >= 4 is 5.91 Å². The van der Waals surface area contributed by atoms with Crippen LogP contribution < -0.4 is 14.8 Å². The number of rotatable bonds is 10. The molecule has 0 fully saturated rings. The van der Waals surface area contributed by atoms with Crippen LogP contribution in [0.2, 0.25) is 0 Å². The molecular weight excluding hydrogens is 330 g/mol. The van der Waals surface area contributed by atoms with Crippen molar-refractivity contribution in [2.24, 2.45) is 5.92 Å². The van der Waals surface area contributed by atoms with Crippen LogP contribution in [0.4, 0.5) is 8.78 Å². The van der Waals surface area contributed by atoms with E-state index in [0.717, 1.165) is 5.56 Å². The Bertz CT molecular complexity index is 553. The molecule has 7 heteroatoms. The van der Waals surface area contributed by atoms with Gasteiger partial charge in [0.2, 0.25) is 5.91 Å². The average molecular weight is 358 g/mol. The topological polar surface area (TPSA) is 50.8 Å². The summed E-state index contributed by atoms with van der Waals surface area (Å²) in [6.07, 6.45) is 0. The SMILES string of the molecule is CCOc1cc(CN(C)C(C)C(=O)NCC(C)C)ccc1OC(F)F. The van der Waals surface area contributed by atoms with Crippen molar-refractivity contribution in [3.8, 4) is 11.5 Å². The fourth-order valence-electron chi connectivity index (χ4n) is 2.19. The molecule has 0 aliphatic rings. The third-order valence-corrected chi connectivity index (χ3v) is 3.68. The van der Waals surface area contributed by atoms with Gasteiger partial charge in [0.15, 0.2) is 11.5 Å². The lowest BCUT2D eigenvalue weighted by Gasteiger charge is -2.24. The molecule has 0 aliphatic carbocycles. The standard InChI is InChI=1S/C18H28F2N2O3/c1-6-24-16-9-14(7-8-15(16)25-18(19)20)11-22(5)13(4)17(23)21-10-12(2)3/h7-9,12-13,18H,6,10-11H2,1-5H3,(H,21,23). The number of ether oxygens (including phenoxy) is 2. The molecule has 1 rings (SSSR count). The Morgan fingerprint density at radius 1 is 1.24 bits per heavy atom. The average Bonchev–Trinajstić information content (AvgIpc) is 2.54. The number of hydrogen-bond acceptors (Lipinski definition) is 4. The number of nitrogens with one attached hydrogen (secondary N) is 1. The number of halogens is 2. The largest absolute Gasteiger partial charge is 0.490 e. The first-order chi connectivity index (χ1) is 11.7. The van der Waals surface area contributed by atoms with E-state index in [1.54, 1.807) is 19.1 Å². The summed E-state index contributed by atoms with van der Waals surface area (Å²) >= 11 is 0. The van der Waals surface area contributed by atoms with Crippen molar-refractivity contribution in [3.05, 3.63) is 23.8 Å². The lowest BCUT2D eigenvalue weighted by atomic mass is 10.1. The van der Waals surface area contributed by atoms with E-state index < -0.39 is 6.61 Å². The Morgan fingerprint density at radius 3 is 2.48 bits per heavy atom. The minimum atomic E-state index is -2.91. The highest BCUT2D eigenvalue weighted by Crippen LogP contribution is 2.30. The van der Waals surface area contributed by atoms with Crippen LogP contribution in [0, 0.1) is 5.92 Å². The highest BCUT2D eigenvalue weighted by Gasteiger charge is 2.19. The molecule has 1 amide bonds. The van der Waals surface area contributed by atoms with Gasteiger partial charge in [-0.15, -0.1) is 0 Å². The van der Waals surface area contributed by atoms with Crippen LogP contribution in [0.3, 0.4) is 0 Å². The molecule has 0 saturated carbocycles. The molecular formula is C18H28F2N2O3. The first kappa shape index (κ1) is 21.2. The van der Waals surface area contributed by atoms with Crippen LogP contribution in [0.15, 0.2) is 18.2 Å². The van der Waals surface area contributed by atoms with E-state index in [0.29, 0.717) is 25.6 Å². The summed E-state index contributed by atoms with van der Waals surface area (Å²) in [6, 6.07) is 4.50. The third-order valence-electron chi connectivity index (χ3n) is 3.68. The number of hydrogen-bond donors (Lipinski definition) is 1. The predicted octanol–water partition coefficient (Wildman–Crippen LogP) is 3.28. The van der Waals surface area contributed by atoms with Gasteiger partial charge in [-0.2, -0.15) is 8.78 Å². The quantitative estimate of drug-likeness (QED) is 0.697. The van der Waals surface area contributed by atoms with Crippen LogP contribution in [0.25, 0.3) is 0 Å². The van der Waals surface area contributed by atoms with Crippen molar-refractivity contribution in [1.82, 2.24) is 10.2 Å². The van der Waals surface area contributed by atoms with Gasteiger partial charge in [-0.05, 0) is 44.5 Å². The summed E-state index contributed by atoms with van der Waals surface area (Å²) in [5.41, 5.74) is 0.844. The number of alkyl halides is 2. The van der Waals surface area contributed by atoms with Gasteiger partial charge in [0.05, 0.1) is 12.6 Å². The van der Waals surface area contributed by atoms with E-state index in [-0.39, 0.29) is 23.4 Å². The molecule has 0 radical (unpaired) electrons. The van der Waals surface area contributed by atoms with Gasteiger partial charge in [0.25, 0.3) is 0 Å². The first-order valence-corrected chi connectivity index (χ1v) is 8.43. The van der Waals surface area contributed by atoms with Crippen molar-refractivity contribution < 1.29 is 23.0 Å². The number of carbonyl (C=O) groups excluding carboxylic acids is 1. The number of carbonyl (C=O) groups is 1. The molecule has 0 saturated heterocycles. The number of likely N-dealkylation sites (N-methyl/N-ethyl adjacent to an activating group) is 1. The van der Waals surface area contributed by atoms with Crippen molar-refractivity contribution in [2.45, 2.75) is 46.9 Å². The molecule has 0 bridgehead atoms. The Morgan fingerprint density at radius 2 is 1.92 bits per heavy atom. The van der Waals surface area contributed by atoms with Crippen LogP contribution >= 0.6 is 0 Å². The summed E-state index contributed by atoms with van der Waals surface area (Å²) in [6.45, 7) is 6.21. The smallest absolute Gasteiger partial charge is 0.387 e. The second kappa shape index (κ2) is 10.2. The number of benzene rings is 1. The maximum atomic E-state index is 12.4. The summed E-state index contributed by atoms with van der Waals surface area (Å²) < 4.78 is 34.7. The molecule has 0 aliphatic heterocycles. The van der Waals surface area contributed by atoms with Crippen LogP contribution in [-0.2, 0) is 11.3 Å². The van der Waals surface area contributed by atoms with Crippen molar-refractivity contribution in [2.75, 3.05) is 20.2 Å². The van der Waals surface area contributed by atoms with Gasteiger partial charge in [-0.3, -0.25) is 9.69 Å². The van der Waals surface area contributed by atoms with E-state index in [1.165, 1.54) is 6.07 Å². The molecule has 142 valence electrons. The zero-order chi connectivity index (χ0) is 19.0. The Labute approximate surface area is 148 Å². The van der Waals surface area contributed by atoms with E-state index in [1.807, 2.05) is 32.7 Å². The van der Waals surface area contributed by atoms with Crippen molar-refractivity contribution in [3.63, 3.8) is 0 Å². The second-order valence-corrected chi connectivity index (χ2v) is 6.32. The zero-order valence-electron chi connectivity index (χ0n) is 15.5. The fourth-order valence-corrected chi connectivity index (χ4v) is 2.19. The summed E-state index contributed by atoms with van der Waals surface area (Å²) in [5.74, 6) is 0.619. The number of amides is 1. The van der Waals surface area contributed by atoms with Crippen LogP contribution in [-0.4, -0.2) is 43.7 Å². The van der Waals surface area contributed by atoms with Gasteiger partial charge in [0.1, 0.15) is 0 Å². The van der Waals surface area contributed by atoms with E-state index >= 15 is 0 Å². The minimum absolute atomic E-state index is 0.00554. The summed E-state index contributed by atoms with van der Waals surface area (Å²) in [7, 11) is 1.84. The van der Waals surface area contributed by atoms with Crippen LogP contribution in [0.1, 0.15) is 33.3 Å². The van der Waals surface area contributed by atoms with Crippen LogP contribution in [0.5, 0.6) is 11.5 Å². The molecule has 1 aromatic rings. The molecule has 1 aromatic carbocycles. The molecule has 25 heavy (non-hydrogen) atoms. The Balaban J connectivity index is 2.77. The molecule has 0 aromatic heterocycles. The lowest BCUT2D eigenvalue weighted by molar-refractivity contribution is -0.125. The van der Waals surface area contributed by atoms with E-state index in [4.69, 9.17) is 4.74 Å². The third kappa shape index (κ3) is 7.25. The Hall–Kier alpha value is -1.89. The first-order valence-electron chi connectivity index (χ1n) is 8.43. The predicted molar refractivity (Wildman–Crippen MR) is 93.0 cm³/mol. The van der Waals surface area contributed by atoms with Gasteiger partial charge < -0.3 is 14.8 Å². The monoisotopic (exact) mass is 358 g/mol. The fraction of sp³-hybridized carbons (Fsp3) is 0.611. The molecule has 1 N–H and O–H groups in total. The van der Waals surface area contributed by atoms with Crippen molar-refractivity contribution in [1.29, 1.82) is 0 Å². The maximum Gasteiger partial charge on any atom is 0.387 e. The highest BCUT2D eigenvalue weighted by atomic mass is 19.3. The normalized spacial score (nSPS) is 12.6. The summed E-state index contributed by atoms with van der Waals surface area (Å²) in [5, 5.41) is 2.90. The minimum Gasteiger partial charge on any atom is -0.490 e. The second-order valence-electron chi connectivity index (χ2n) is 6.32. The molecule has 0 spiro atoms.